The van der Waals surface area contributed by atoms with Crippen LogP contribution in [0.4, 0.5) is 5.69 Å². The molecule has 0 radical (unpaired) electrons. The number of benzene rings is 2. The molecule has 3 fully saturated rings. The van der Waals surface area contributed by atoms with Crippen molar-refractivity contribution in [3.05, 3.63) is 88.1 Å². The quantitative estimate of drug-likeness (QED) is 0.339. The number of likely N-dealkylation sites (tertiary alicyclic amines) is 1. The molecule has 2 aromatic carbocycles. The lowest BCUT2D eigenvalue weighted by atomic mass is 9.51. The standard InChI is InChI=1S/C33H30N2O6S/c1-33-25(30(38)35(32(33)40)18-7-4-3-5-8-18)16-24-21(28(33)22-11-10-19(36)15-26(22)41-2)12-13-23-27(24)31(39)34(29(23)37)17-20-9-6-14-42-20/h3-12,14-15,23-25,27-28,36H,13,16-17H2,1-2H3/t23-,24+,25-,27-,28+,33+/m0/s1. The summed E-state index contributed by atoms with van der Waals surface area (Å²) < 4.78 is 5.70. The van der Waals surface area contributed by atoms with E-state index in [-0.39, 0.29) is 35.9 Å². The molecule has 42 heavy (non-hydrogen) atoms. The van der Waals surface area contributed by atoms with Crippen molar-refractivity contribution >= 4 is 40.7 Å². The minimum absolute atomic E-state index is 0.0165. The van der Waals surface area contributed by atoms with Gasteiger partial charge < -0.3 is 9.84 Å². The number of amides is 4. The summed E-state index contributed by atoms with van der Waals surface area (Å²) in [5.74, 6) is -3.42. The molecular weight excluding hydrogens is 552 g/mol. The molecule has 0 unspecified atom stereocenters. The van der Waals surface area contributed by atoms with Gasteiger partial charge in [-0.25, -0.2) is 4.90 Å². The van der Waals surface area contributed by atoms with Crippen LogP contribution in [0.2, 0.25) is 0 Å². The monoisotopic (exact) mass is 582 g/mol. The number of allylic oxidation sites excluding steroid dienone is 2. The van der Waals surface area contributed by atoms with Crippen LogP contribution in [0.1, 0.15) is 36.1 Å². The van der Waals surface area contributed by atoms with Gasteiger partial charge in [0.15, 0.2) is 0 Å². The van der Waals surface area contributed by atoms with Gasteiger partial charge in [0.2, 0.25) is 23.6 Å². The molecule has 214 valence electrons. The molecule has 2 saturated heterocycles. The Morgan fingerprint density at radius 1 is 0.976 bits per heavy atom. The number of carbonyl (C=O) groups excluding carboxylic acids is 4. The van der Waals surface area contributed by atoms with Crippen LogP contribution < -0.4 is 9.64 Å². The third-order valence-electron chi connectivity index (χ3n) is 9.80. The summed E-state index contributed by atoms with van der Waals surface area (Å²) in [6, 6.07) is 17.5. The topological polar surface area (TPSA) is 104 Å². The second-order valence-corrected chi connectivity index (χ2v) is 12.8. The van der Waals surface area contributed by atoms with Crippen molar-refractivity contribution in [2.24, 2.45) is 29.1 Å². The number of hydrogen-bond acceptors (Lipinski definition) is 7. The van der Waals surface area contributed by atoms with E-state index < -0.39 is 35.0 Å². The van der Waals surface area contributed by atoms with E-state index in [1.807, 2.05) is 36.6 Å². The lowest BCUT2D eigenvalue weighted by molar-refractivity contribution is -0.141. The number of fused-ring (bicyclic) bond motifs is 4. The number of phenols is 1. The van der Waals surface area contributed by atoms with Crippen LogP contribution in [0.25, 0.3) is 0 Å². The van der Waals surface area contributed by atoms with Crippen LogP contribution in [0, 0.1) is 29.1 Å². The van der Waals surface area contributed by atoms with E-state index in [0.717, 1.165) is 10.5 Å². The number of nitrogens with zero attached hydrogens (tertiary/aromatic N) is 2. The van der Waals surface area contributed by atoms with E-state index in [2.05, 4.69) is 0 Å². The van der Waals surface area contributed by atoms with Gasteiger partial charge in [-0.05, 0) is 55.3 Å². The normalized spacial score (nSPS) is 30.2. The zero-order chi connectivity index (χ0) is 29.3. The SMILES string of the molecule is COc1cc(O)ccc1[C@H]1C2=CC[C@@H]3C(=O)N(Cc4cccs4)C(=O)[C@@H]3[C@@H]2C[C@H]2C(=O)N(c3ccccc3)C(=O)[C@@]12C. The number of rotatable bonds is 5. The lowest BCUT2D eigenvalue weighted by Crippen LogP contribution is -2.49. The van der Waals surface area contributed by atoms with Gasteiger partial charge in [-0.1, -0.05) is 42.0 Å². The molecule has 2 aliphatic heterocycles. The van der Waals surface area contributed by atoms with Crippen LogP contribution in [0.15, 0.2) is 77.7 Å². The number of carbonyl (C=O) groups is 4. The second kappa shape index (κ2) is 9.66. The largest absolute Gasteiger partial charge is 0.508 e. The molecule has 9 heteroatoms. The van der Waals surface area contributed by atoms with Crippen molar-refractivity contribution in [3.63, 3.8) is 0 Å². The number of phenolic OH excluding ortho intramolecular Hbond substituents is 1. The lowest BCUT2D eigenvalue weighted by Gasteiger charge is -2.49. The first-order valence-electron chi connectivity index (χ1n) is 14.1. The highest BCUT2D eigenvalue weighted by molar-refractivity contribution is 7.09. The predicted octanol–water partition coefficient (Wildman–Crippen LogP) is 4.89. The molecular formula is C33H30N2O6S. The second-order valence-electron chi connectivity index (χ2n) is 11.8. The highest BCUT2D eigenvalue weighted by Gasteiger charge is 2.67. The summed E-state index contributed by atoms with van der Waals surface area (Å²) in [7, 11) is 1.50. The smallest absolute Gasteiger partial charge is 0.241 e. The molecule has 6 atom stereocenters. The van der Waals surface area contributed by atoms with E-state index in [1.165, 1.54) is 34.3 Å². The summed E-state index contributed by atoms with van der Waals surface area (Å²) in [6.45, 7) is 2.08. The Labute approximate surface area is 247 Å². The molecule has 3 aromatic rings. The minimum atomic E-state index is -1.17. The van der Waals surface area contributed by atoms with Gasteiger partial charge in [0.05, 0.1) is 42.5 Å². The van der Waals surface area contributed by atoms with Crippen molar-refractivity contribution in [2.45, 2.75) is 32.2 Å². The fourth-order valence-corrected chi connectivity index (χ4v) is 8.59. The Hall–Kier alpha value is -4.24. The van der Waals surface area contributed by atoms with Crippen LogP contribution in [0.3, 0.4) is 0 Å². The molecule has 4 amide bonds. The zero-order valence-electron chi connectivity index (χ0n) is 23.2. The first-order chi connectivity index (χ1) is 20.3. The predicted molar refractivity (Wildman–Crippen MR) is 156 cm³/mol. The van der Waals surface area contributed by atoms with E-state index in [1.54, 1.807) is 36.4 Å². The molecule has 7 rings (SSSR count). The number of thiophene rings is 1. The highest BCUT2D eigenvalue weighted by Crippen LogP contribution is 2.64. The van der Waals surface area contributed by atoms with E-state index in [0.29, 0.717) is 29.8 Å². The number of imide groups is 2. The van der Waals surface area contributed by atoms with Gasteiger partial charge in [-0.3, -0.25) is 24.1 Å². The van der Waals surface area contributed by atoms with E-state index in [9.17, 15) is 24.3 Å². The van der Waals surface area contributed by atoms with Gasteiger partial charge >= 0.3 is 0 Å². The molecule has 2 aliphatic carbocycles. The number of anilines is 1. The molecule has 0 bridgehead atoms. The molecule has 1 saturated carbocycles. The zero-order valence-corrected chi connectivity index (χ0v) is 24.0. The van der Waals surface area contributed by atoms with E-state index >= 15 is 0 Å². The van der Waals surface area contributed by atoms with Gasteiger partial charge in [-0.15, -0.1) is 11.3 Å². The maximum atomic E-state index is 14.4. The summed E-state index contributed by atoms with van der Waals surface area (Å²) in [5, 5.41) is 12.2. The highest BCUT2D eigenvalue weighted by atomic mass is 32.1. The van der Waals surface area contributed by atoms with Crippen LogP contribution in [-0.4, -0.2) is 40.7 Å². The average molecular weight is 583 g/mol. The number of para-hydroxylation sites is 1. The molecule has 8 nitrogen and oxygen atoms in total. The van der Waals surface area contributed by atoms with Crippen LogP contribution in [0.5, 0.6) is 11.5 Å². The van der Waals surface area contributed by atoms with Crippen molar-refractivity contribution in [2.75, 3.05) is 12.0 Å². The average Bonchev–Trinajstić information content (AvgIpc) is 3.65. The van der Waals surface area contributed by atoms with Crippen LogP contribution in [-0.2, 0) is 25.7 Å². The minimum Gasteiger partial charge on any atom is -0.508 e. The number of methoxy groups -OCH3 is 1. The van der Waals surface area contributed by atoms with Gasteiger partial charge in [0.1, 0.15) is 11.5 Å². The molecule has 0 spiro atoms. The maximum absolute atomic E-state index is 14.4. The summed E-state index contributed by atoms with van der Waals surface area (Å²) in [6.07, 6.45) is 2.69. The summed E-state index contributed by atoms with van der Waals surface area (Å²) >= 11 is 1.50. The van der Waals surface area contributed by atoms with Crippen molar-refractivity contribution < 1.29 is 29.0 Å². The first-order valence-corrected chi connectivity index (χ1v) is 15.0. The van der Waals surface area contributed by atoms with Crippen molar-refractivity contribution in [3.8, 4) is 11.5 Å². The maximum Gasteiger partial charge on any atom is 0.241 e. The first kappa shape index (κ1) is 26.6. The van der Waals surface area contributed by atoms with Crippen molar-refractivity contribution in [1.29, 1.82) is 0 Å². The fraction of sp³-hybridized carbons (Fsp3) is 0.333. The van der Waals surface area contributed by atoms with Gasteiger partial charge in [0.25, 0.3) is 0 Å². The third kappa shape index (κ3) is 3.65. The fourth-order valence-electron chi connectivity index (χ4n) is 7.90. The Kier molecular flexibility index (Phi) is 6.13. The Morgan fingerprint density at radius 2 is 1.76 bits per heavy atom. The number of ether oxygens (including phenoxy) is 1. The number of aromatic hydroxyl groups is 1. The van der Waals surface area contributed by atoms with E-state index in [4.69, 9.17) is 4.74 Å². The van der Waals surface area contributed by atoms with Crippen LogP contribution >= 0.6 is 11.3 Å². The molecule has 1 N–H and O–H groups in total. The summed E-state index contributed by atoms with van der Waals surface area (Å²) in [4.78, 5) is 59.8. The number of hydrogen-bond donors (Lipinski definition) is 1. The van der Waals surface area contributed by atoms with Gasteiger partial charge in [-0.2, -0.15) is 0 Å². The molecule has 1 aromatic heterocycles. The van der Waals surface area contributed by atoms with Gasteiger partial charge in [0, 0.05) is 22.4 Å². The Bertz CT molecular complexity index is 1650. The molecule has 3 heterocycles. The summed E-state index contributed by atoms with van der Waals surface area (Å²) in [5.41, 5.74) is 0.882. The Balaban J connectivity index is 1.37. The molecule has 4 aliphatic rings. The van der Waals surface area contributed by atoms with Crippen molar-refractivity contribution in [1.82, 2.24) is 4.90 Å². The third-order valence-corrected chi connectivity index (χ3v) is 10.7. The Morgan fingerprint density at radius 3 is 2.48 bits per heavy atom.